The summed E-state index contributed by atoms with van der Waals surface area (Å²) in [6, 6.07) is 13.6. The molecule has 0 radical (unpaired) electrons. The molecule has 0 unspecified atom stereocenters. The number of likely N-dealkylation sites (tertiary alicyclic amines) is 1. The van der Waals surface area contributed by atoms with Crippen LogP contribution < -0.4 is 14.8 Å². The van der Waals surface area contributed by atoms with Gasteiger partial charge in [0.15, 0.2) is 11.5 Å². The number of ether oxygens (including phenoxy) is 2. The van der Waals surface area contributed by atoms with E-state index in [1.54, 1.807) is 23.5 Å². The highest BCUT2D eigenvalue weighted by atomic mass is 32.1. The second kappa shape index (κ2) is 10.2. The van der Waals surface area contributed by atoms with Gasteiger partial charge in [-0.2, -0.15) is 0 Å². The van der Waals surface area contributed by atoms with Crippen LogP contribution in [0.2, 0.25) is 0 Å². The van der Waals surface area contributed by atoms with E-state index in [9.17, 15) is 9.59 Å². The van der Waals surface area contributed by atoms with E-state index in [1.807, 2.05) is 17.0 Å². The number of fused-ring (bicyclic) bond motifs is 1. The van der Waals surface area contributed by atoms with Gasteiger partial charge in [-0.3, -0.25) is 9.59 Å². The quantitative estimate of drug-likeness (QED) is 0.487. The summed E-state index contributed by atoms with van der Waals surface area (Å²) in [5, 5.41) is 4.12. The first-order chi connectivity index (χ1) is 18.1. The van der Waals surface area contributed by atoms with E-state index in [0.29, 0.717) is 55.0 Å². The van der Waals surface area contributed by atoms with Gasteiger partial charge in [-0.1, -0.05) is 35.9 Å². The predicted octanol–water partition coefficient (Wildman–Crippen LogP) is 5.19. The Hall–Kier alpha value is -3.39. The number of amides is 2. The third kappa shape index (κ3) is 4.94. The maximum Gasteiger partial charge on any atom is 0.274 e. The maximum absolute atomic E-state index is 14.0. The van der Waals surface area contributed by atoms with Gasteiger partial charge in [0.25, 0.3) is 11.8 Å². The molecule has 192 valence electrons. The van der Waals surface area contributed by atoms with Gasteiger partial charge < -0.3 is 19.7 Å². The molecular formula is C29H31N3O4S. The van der Waals surface area contributed by atoms with Crippen molar-refractivity contribution in [1.82, 2.24) is 15.2 Å². The van der Waals surface area contributed by atoms with Crippen LogP contribution in [-0.4, -0.2) is 54.0 Å². The summed E-state index contributed by atoms with van der Waals surface area (Å²) in [6.45, 7) is 4.01. The summed E-state index contributed by atoms with van der Waals surface area (Å²) in [6.07, 6.45) is 5.11. The van der Waals surface area contributed by atoms with E-state index < -0.39 is 0 Å². The van der Waals surface area contributed by atoms with E-state index >= 15 is 0 Å². The van der Waals surface area contributed by atoms with Crippen molar-refractivity contribution in [3.63, 3.8) is 0 Å². The van der Waals surface area contributed by atoms with Crippen LogP contribution in [0.3, 0.4) is 0 Å². The van der Waals surface area contributed by atoms with Crippen LogP contribution in [0.25, 0.3) is 10.4 Å². The van der Waals surface area contributed by atoms with Crippen LogP contribution in [0.1, 0.15) is 69.4 Å². The predicted molar refractivity (Wildman–Crippen MR) is 143 cm³/mol. The Morgan fingerprint density at radius 3 is 2.76 bits per heavy atom. The third-order valence-corrected chi connectivity index (χ3v) is 8.52. The lowest BCUT2D eigenvalue weighted by Crippen LogP contribution is -2.49. The number of hydrogen-bond acceptors (Lipinski definition) is 6. The zero-order valence-electron chi connectivity index (χ0n) is 21.0. The van der Waals surface area contributed by atoms with E-state index in [0.717, 1.165) is 53.1 Å². The van der Waals surface area contributed by atoms with Gasteiger partial charge in [-0.15, -0.1) is 11.3 Å². The molecule has 2 aliphatic heterocycles. The smallest absolute Gasteiger partial charge is 0.274 e. The molecule has 1 aliphatic carbocycles. The number of carbonyl (C=O) groups is 2. The van der Waals surface area contributed by atoms with Crippen LogP contribution >= 0.6 is 11.3 Å². The summed E-state index contributed by atoms with van der Waals surface area (Å²) >= 11 is 1.66. The summed E-state index contributed by atoms with van der Waals surface area (Å²) in [5.41, 5.74) is 3.22. The molecule has 2 amide bonds. The van der Waals surface area contributed by atoms with Gasteiger partial charge in [0.2, 0.25) is 0 Å². The topological polar surface area (TPSA) is 80.8 Å². The van der Waals surface area contributed by atoms with Gasteiger partial charge in [-0.05, 0) is 56.7 Å². The van der Waals surface area contributed by atoms with E-state index in [-0.39, 0.29) is 17.9 Å². The third-order valence-electron chi connectivity index (χ3n) is 7.25. The molecule has 2 aromatic carbocycles. The number of para-hydroxylation sites is 1. The Labute approximate surface area is 220 Å². The largest absolute Gasteiger partial charge is 0.486 e. The summed E-state index contributed by atoms with van der Waals surface area (Å²) in [5.74, 6) is 1.31. The monoisotopic (exact) mass is 517 g/mol. The van der Waals surface area contributed by atoms with Crippen molar-refractivity contribution in [2.75, 3.05) is 26.3 Å². The van der Waals surface area contributed by atoms with Gasteiger partial charge in [0.1, 0.15) is 18.9 Å². The molecule has 0 bridgehead atoms. The minimum atomic E-state index is -0.217. The van der Waals surface area contributed by atoms with Crippen molar-refractivity contribution in [1.29, 1.82) is 0 Å². The summed E-state index contributed by atoms with van der Waals surface area (Å²) in [4.78, 5) is 34.8. The number of thiazole rings is 1. The summed E-state index contributed by atoms with van der Waals surface area (Å²) < 4.78 is 11.3. The fourth-order valence-electron chi connectivity index (χ4n) is 5.14. The molecule has 37 heavy (non-hydrogen) atoms. The van der Waals surface area contributed by atoms with Gasteiger partial charge >= 0.3 is 0 Å². The number of carbonyl (C=O) groups excluding carboxylic acids is 2. The van der Waals surface area contributed by atoms with Crippen LogP contribution in [0.5, 0.6) is 11.5 Å². The number of benzene rings is 2. The number of hydrogen-bond donors (Lipinski definition) is 1. The summed E-state index contributed by atoms with van der Waals surface area (Å²) in [7, 11) is 0. The first-order valence-electron chi connectivity index (χ1n) is 13.1. The van der Waals surface area contributed by atoms with Crippen LogP contribution in [0.4, 0.5) is 0 Å². The molecule has 3 heterocycles. The first kappa shape index (κ1) is 24.0. The molecule has 6 rings (SSSR count). The Morgan fingerprint density at radius 1 is 1.08 bits per heavy atom. The van der Waals surface area contributed by atoms with Gasteiger partial charge in [0.05, 0.1) is 15.4 Å². The minimum absolute atomic E-state index is 0.0348. The number of aromatic nitrogens is 1. The van der Waals surface area contributed by atoms with Crippen LogP contribution in [0.15, 0.2) is 42.5 Å². The number of nitrogens with zero attached hydrogens (tertiary/aromatic N) is 2. The molecular weight excluding hydrogens is 486 g/mol. The SMILES string of the molecule is Cc1cccc(-c2sc(C3CC3)nc2C(=O)N2CCCC[C@H]2CNC(=O)c2cccc3c2OCCO3)c1. The molecule has 0 spiro atoms. The minimum Gasteiger partial charge on any atom is -0.486 e. The Bertz CT molecular complexity index is 1330. The molecule has 2 fully saturated rings. The molecule has 8 heteroatoms. The van der Waals surface area contributed by atoms with E-state index in [1.165, 1.54) is 0 Å². The zero-order valence-corrected chi connectivity index (χ0v) is 21.8. The molecule has 1 aromatic heterocycles. The highest BCUT2D eigenvalue weighted by molar-refractivity contribution is 7.15. The molecule has 1 atom stereocenters. The lowest BCUT2D eigenvalue weighted by atomic mass is 10.0. The van der Waals surface area contributed by atoms with E-state index in [2.05, 4.69) is 30.4 Å². The van der Waals surface area contributed by atoms with Crippen LogP contribution in [-0.2, 0) is 0 Å². The van der Waals surface area contributed by atoms with Gasteiger partial charge in [0, 0.05) is 25.0 Å². The van der Waals surface area contributed by atoms with Crippen molar-refractivity contribution >= 4 is 23.2 Å². The molecule has 3 aliphatic rings. The van der Waals surface area contributed by atoms with Crippen molar-refractivity contribution in [3.05, 3.63) is 64.3 Å². The number of nitrogens with one attached hydrogen (secondary N) is 1. The number of piperidine rings is 1. The standard InChI is InChI=1S/C29H31N3O4S/c1-18-6-4-7-20(16-18)26-24(31-28(37-26)19-11-12-19)29(34)32-13-3-2-8-21(32)17-30-27(33)22-9-5-10-23-25(22)36-15-14-35-23/h4-7,9-10,16,19,21H,2-3,8,11-15,17H2,1H3,(H,30,33)/t21-/m0/s1. The second-order valence-corrected chi connectivity index (χ2v) is 11.1. The Morgan fingerprint density at radius 2 is 1.92 bits per heavy atom. The van der Waals surface area contributed by atoms with Gasteiger partial charge in [-0.25, -0.2) is 4.98 Å². The lowest BCUT2D eigenvalue weighted by Gasteiger charge is -2.35. The van der Waals surface area contributed by atoms with Crippen molar-refractivity contribution < 1.29 is 19.1 Å². The highest BCUT2D eigenvalue weighted by Gasteiger charge is 2.34. The first-order valence-corrected chi connectivity index (χ1v) is 14.0. The number of rotatable bonds is 6. The van der Waals surface area contributed by atoms with E-state index in [4.69, 9.17) is 14.5 Å². The van der Waals surface area contributed by atoms with Crippen LogP contribution in [0, 0.1) is 6.92 Å². The molecule has 1 N–H and O–H groups in total. The molecule has 1 saturated carbocycles. The lowest BCUT2D eigenvalue weighted by molar-refractivity contribution is 0.0597. The van der Waals surface area contributed by atoms with Crippen molar-refractivity contribution in [3.8, 4) is 21.9 Å². The average Bonchev–Trinajstić information content (AvgIpc) is 3.69. The normalized spacial score (nSPS) is 18.9. The molecule has 3 aromatic rings. The van der Waals surface area contributed by atoms with Crippen molar-refractivity contribution in [2.45, 2.75) is 51.0 Å². The highest BCUT2D eigenvalue weighted by Crippen LogP contribution is 2.45. The average molecular weight is 518 g/mol. The molecule has 1 saturated heterocycles. The molecule has 7 nitrogen and oxygen atoms in total. The second-order valence-electron chi connectivity index (χ2n) is 10.1. The maximum atomic E-state index is 14.0. The zero-order chi connectivity index (χ0) is 25.4. The van der Waals surface area contributed by atoms with Crippen molar-refractivity contribution in [2.24, 2.45) is 0 Å². The fraction of sp³-hybridized carbons (Fsp3) is 0.414. The number of aryl methyl sites for hydroxylation is 1. The fourth-order valence-corrected chi connectivity index (χ4v) is 6.37. The Balaban J connectivity index is 1.22. The Kier molecular flexibility index (Phi) is 6.59.